The fourth-order valence-corrected chi connectivity index (χ4v) is 1.91. The highest BCUT2D eigenvalue weighted by atomic mass is 127. The van der Waals surface area contributed by atoms with Crippen LogP contribution in [0.5, 0.6) is 0 Å². The van der Waals surface area contributed by atoms with Crippen LogP contribution in [-0.4, -0.2) is 16.0 Å². The minimum atomic E-state index is -0.340. The van der Waals surface area contributed by atoms with Crippen molar-refractivity contribution in [1.29, 1.82) is 0 Å². The smallest absolute Gasteiger partial charge is 0.277 e. The van der Waals surface area contributed by atoms with Gasteiger partial charge in [0.25, 0.3) is 5.91 Å². The standard InChI is InChI=1S/C12H9ClIN3O2/c1-7-5-10(17-19-7)12(18)15-6-8(14)9-3-2-4-11(13)16-9/h2-6H,1H3,(H,15,18). The van der Waals surface area contributed by atoms with Gasteiger partial charge in [0.2, 0.25) is 0 Å². The van der Waals surface area contributed by atoms with Crippen LogP contribution in [0.1, 0.15) is 21.9 Å². The average Bonchev–Trinajstić information content (AvgIpc) is 2.82. The Morgan fingerprint density at radius 2 is 2.26 bits per heavy atom. The molecule has 98 valence electrons. The quantitative estimate of drug-likeness (QED) is 0.647. The molecule has 0 saturated heterocycles. The fourth-order valence-electron chi connectivity index (χ4n) is 1.29. The summed E-state index contributed by atoms with van der Waals surface area (Å²) in [5, 5.41) is 6.64. The topological polar surface area (TPSA) is 68.0 Å². The number of carbonyl (C=O) groups is 1. The summed E-state index contributed by atoms with van der Waals surface area (Å²) in [5.41, 5.74) is 0.918. The SMILES string of the molecule is Cc1cc(C(=O)NC=C(I)c2cccc(Cl)n2)no1. The first-order valence-corrected chi connectivity index (χ1v) is 6.75. The summed E-state index contributed by atoms with van der Waals surface area (Å²) in [6.45, 7) is 1.72. The molecule has 0 aromatic carbocycles. The minimum Gasteiger partial charge on any atom is -0.361 e. The van der Waals surface area contributed by atoms with Crippen LogP contribution < -0.4 is 5.32 Å². The number of nitrogens with one attached hydrogen (secondary N) is 1. The Balaban J connectivity index is 2.08. The van der Waals surface area contributed by atoms with Crippen molar-refractivity contribution in [1.82, 2.24) is 15.5 Å². The third-order valence-corrected chi connectivity index (χ3v) is 3.22. The van der Waals surface area contributed by atoms with Crippen molar-refractivity contribution in [2.45, 2.75) is 6.92 Å². The van der Waals surface area contributed by atoms with Crippen molar-refractivity contribution in [3.8, 4) is 0 Å². The lowest BCUT2D eigenvalue weighted by atomic mass is 10.3. The number of halogens is 2. The molecule has 5 nitrogen and oxygen atoms in total. The second-order valence-electron chi connectivity index (χ2n) is 3.63. The number of hydrogen-bond donors (Lipinski definition) is 1. The Kier molecular flexibility index (Phi) is 4.54. The summed E-state index contributed by atoms with van der Waals surface area (Å²) >= 11 is 7.86. The van der Waals surface area contributed by atoms with Gasteiger partial charge in [0.05, 0.1) is 9.27 Å². The number of nitrogens with zero attached hydrogens (tertiary/aromatic N) is 2. The van der Waals surface area contributed by atoms with Crippen LogP contribution in [0.15, 0.2) is 35.0 Å². The van der Waals surface area contributed by atoms with E-state index in [1.54, 1.807) is 37.4 Å². The van der Waals surface area contributed by atoms with Crippen molar-refractivity contribution >= 4 is 43.7 Å². The number of carbonyl (C=O) groups excluding carboxylic acids is 1. The summed E-state index contributed by atoms with van der Waals surface area (Å²) in [6, 6.07) is 6.84. The first-order valence-electron chi connectivity index (χ1n) is 5.29. The van der Waals surface area contributed by atoms with Crippen LogP contribution in [0.2, 0.25) is 5.15 Å². The maximum Gasteiger partial charge on any atom is 0.277 e. The summed E-state index contributed by atoms with van der Waals surface area (Å²) in [6.07, 6.45) is 1.55. The zero-order valence-corrected chi connectivity index (χ0v) is 12.8. The Hall–Kier alpha value is -1.41. The van der Waals surface area contributed by atoms with Gasteiger partial charge in [0, 0.05) is 12.3 Å². The van der Waals surface area contributed by atoms with Crippen molar-refractivity contribution in [2.75, 3.05) is 0 Å². The highest BCUT2D eigenvalue weighted by Crippen LogP contribution is 2.20. The highest BCUT2D eigenvalue weighted by molar-refractivity contribution is 14.1. The molecular weight excluding hydrogens is 381 g/mol. The molecule has 0 bridgehead atoms. The minimum absolute atomic E-state index is 0.233. The molecule has 2 rings (SSSR count). The van der Waals surface area contributed by atoms with E-state index in [2.05, 4.69) is 38.0 Å². The second-order valence-corrected chi connectivity index (χ2v) is 5.18. The second kappa shape index (κ2) is 6.16. The van der Waals surface area contributed by atoms with E-state index in [4.69, 9.17) is 16.1 Å². The van der Waals surface area contributed by atoms with Crippen LogP contribution >= 0.6 is 34.2 Å². The molecule has 0 radical (unpaired) electrons. The van der Waals surface area contributed by atoms with Gasteiger partial charge in [0.1, 0.15) is 10.9 Å². The van der Waals surface area contributed by atoms with E-state index >= 15 is 0 Å². The van der Waals surface area contributed by atoms with Gasteiger partial charge in [-0.05, 0) is 41.6 Å². The molecule has 7 heteroatoms. The molecule has 2 heterocycles. The average molecular weight is 390 g/mol. The molecule has 0 unspecified atom stereocenters. The van der Waals surface area contributed by atoms with E-state index < -0.39 is 0 Å². The van der Waals surface area contributed by atoms with Gasteiger partial charge >= 0.3 is 0 Å². The number of pyridine rings is 1. The molecule has 19 heavy (non-hydrogen) atoms. The molecule has 1 amide bonds. The van der Waals surface area contributed by atoms with Crippen molar-refractivity contribution < 1.29 is 9.32 Å². The predicted molar refractivity (Wildman–Crippen MR) is 80.0 cm³/mol. The van der Waals surface area contributed by atoms with Crippen LogP contribution in [0, 0.1) is 6.92 Å². The molecular formula is C12H9ClIN3O2. The molecule has 2 aromatic rings. The van der Waals surface area contributed by atoms with Gasteiger partial charge in [-0.15, -0.1) is 0 Å². The van der Waals surface area contributed by atoms with Crippen molar-refractivity contribution in [3.63, 3.8) is 0 Å². The van der Waals surface area contributed by atoms with Crippen molar-refractivity contribution in [3.05, 3.63) is 52.8 Å². The Morgan fingerprint density at radius 3 is 2.89 bits per heavy atom. The largest absolute Gasteiger partial charge is 0.361 e. The van der Waals surface area contributed by atoms with Crippen LogP contribution in [0.4, 0.5) is 0 Å². The first kappa shape index (κ1) is 14.0. The Labute approximate surface area is 128 Å². The third-order valence-electron chi connectivity index (χ3n) is 2.15. The van der Waals surface area contributed by atoms with E-state index in [-0.39, 0.29) is 11.6 Å². The van der Waals surface area contributed by atoms with Crippen LogP contribution in [0.3, 0.4) is 0 Å². The Morgan fingerprint density at radius 1 is 1.47 bits per heavy atom. The van der Waals surface area contributed by atoms with E-state index in [1.807, 2.05) is 0 Å². The molecule has 0 aliphatic carbocycles. The van der Waals surface area contributed by atoms with E-state index in [9.17, 15) is 4.79 Å². The lowest BCUT2D eigenvalue weighted by molar-refractivity contribution is 0.0961. The molecule has 1 N–H and O–H groups in total. The molecule has 0 saturated carbocycles. The number of aromatic nitrogens is 2. The third kappa shape index (κ3) is 3.77. The molecule has 0 aliphatic heterocycles. The summed E-state index contributed by atoms with van der Waals surface area (Å²) in [5.74, 6) is 0.244. The van der Waals surface area contributed by atoms with Gasteiger partial charge in [-0.25, -0.2) is 4.98 Å². The fraction of sp³-hybridized carbons (Fsp3) is 0.0833. The van der Waals surface area contributed by atoms with Gasteiger partial charge in [-0.3, -0.25) is 4.79 Å². The summed E-state index contributed by atoms with van der Waals surface area (Å²) < 4.78 is 5.59. The number of aryl methyl sites for hydroxylation is 1. The lowest BCUT2D eigenvalue weighted by Gasteiger charge is -2.00. The zero-order valence-electron chi connectivity index (χ0n) is 9.85. The first-order chi connectivity index (χ1) is 9.06. The number of hydrogen-bond acceptors (Lipinski definition) is 4. The normalized spacial score (nSPS) is 11.4. The maximum absolute atomic E-state index is 11.7. The summed E-state index contributed by atoms with van der Waals surface area (Å²) in [4.78, 5) is 15.9. The molecule has 0 aliphatic rings. The Bertz CT molecular complexity index is 639. The highest BCUT2D eigenvalue weighted by Gasteiger charge is 2.09. The monoisotopic (exact) mass is 389 g/mol. The zero-order chi connectivity index (χ0) is 13.8. The van der Waals surface area contributed by atoms with Crippen LogP contribution in [0.25, 0.3) is 3.58 Å². The van der Waals surface area contributed by atoms with Gasteiger partial charge in [-0.2, -0.15) is 0 Å². The van der Waals surface area contributed by atoms with E-state index in [0.717, 1.165) is 3.58 Å². The molecule has 0 fully saturated rings. The van der Waals surface area contributed by atoms with Gasteiger partial charge in [-0.1, -0.05) is 22.8 Å². The lowest BCUT2D eigenvalue weighted by Crippen LogP contribution is -2.17. The van der Waals surface area contributed by atoms with Crippen LogP contribution in [-0.2, 0) is 0 Å². The maximum atomic E-state index is 11.7. The molecule has 0 atom stereocenters. The molecule has 0 spiro atoms. The van der Waals surface area contributed by atoms with Gasteiger partial charge < -0.3 is 9.84 Å². The van der Waals surface area contributed by atoms with Gasteiger partial charge in [0.15, 0.2) is 5.69 Å². The molecule has 2 aromatic heterocycles. The van der Waals surface area contributed by atoms with E-state index in [1.165, 1.54) is 0 Å². The number of amides is 1. The summed E-state index contributed by atoms with van der Waals surface area (Å²) in [7, 11) is 0. The number of rotatable bonds is 3. The van der Waals surface area contributed by atoms with Crippen molar-refractivity contribution in [2.24, 2.45) is 0 Å². The predicted octanol–water partition coefficient (Wildman–Crippen LogP) is 3.19. The van der Waals surface area contributed by atoms with E-state index in [0.29, 0.717) is 16.6 Å².